The van der Waals surface area contributed by atoms with E-state index in [0.717, 1.165) is 38.9 Å². The van der Waals surface area contributed by atoms with Gasteiger partial charge in [-0.25, -0.2) is 0 Å². The van der Waals surface area contributed by atoms with E-state index in [1.165, 1.54) is 30.5 Å². The Hall–Kier alpha value is -6.39. The summed E-state index contributed by atoms with van der Waals surface area (Å²) >= 11 is 0. The van der Waals surface area contributed by atoms with Gasteiger partial charge in [0, 0.05) is 52.5 Å². The summed E-state index contributed by atoms with van der Waals surface area (Å²) in [7, 11) is 0. The van der Waals surface area contributed by atoms with Crippen molar-refractivity contribution in [3.8, 4) is 50.6 Å². The molecule has 10 rings (SSSR count). The molecule has 0 amide bonds. The molecule has 0 saturated heterocycles. The number of rotatable bonds is 7. The van der Waals surface area contributed by atoms with E-state index in [1.807, 2.05) is 99.0 Å². The smallest absolute Gasteiger partial charge is 0.120 e. The molecule has 3 aromatic heterocycles. The second kappa shape index (κ2) is 17.9. The van der Waals surface area contributed by atoms with Gasteiger partial charge in [0.05, 0.1) is 22.4 Å². The van der Waals surface area contributed by atoms with E-state index in [9.17, 15) is 2.74 Å². The first-order chi connectivity index (χ1) is 33.9. The van der Waals surface area contributed by atoms with Gasteiger partial charge < -0.3 is 14.0 Å². The zero-order valence-corrected chi connectivity index (χ0v) is 37.0. The number of hydrogen-bond acceptors (Lipinski definition) is 3. The van der Waals surface area contributed by atoms with Crippen molar-refractivity contribution in [1.29, 1.82) is 0 Å². The summed E-state index contributed by atoms with van der Waals surface area (Å²) in [6, 6.07) is 53.2. The van der Waals surface area contributed by atoms with E-state index < -0.39 is 32.3 Å². The Bertz CT molecular complexity index is 3490. The number of pyridine rings is 1. The van der Waals surface area contributed by atoms with Gasteiger partial charge in [-0.2, -0.15) is 0 Å². The van der Waals surface area contributed by atoms with E-state index in [0.29, 0.717) is 55.8 Å². The van der Waals surface area contributed by atoms with Crippen LogP contribution in [0.5, 0.6) is 0 Å². The SMILES string of the molecule is [2H]C([2H])([2H])c1c[c-]c(-c2ccc(C([2H])([2H])[2H])cn2)cc1.[2H]C([2H])([2H])c1c[c-]c(-c2nc3ccccc3n2-c2c(C([2H])(C)C)cc(-c3ccc(-c4ccccc4)cc3)cc2C([2H])(C)C)c2oc3ccccc3c12.[Ir]. The molecule has 1 radical (unpaired) electrons. The van der Waals surface area contributed by atoms with Gasteiger partial charge in [0.1, 0.15) is 5.58 Å². The van der Waals surface area contributed by atoms with E-state index in [4.69, 9.17) is 21.7 Å². The van der Waals surface area contributed by atoms with Crippen LogP contribution in [0.4, 0.5) is 0 Å². The van der Waals surface area contributed by atoms with E-state index >= 15 is 0 Å². The number of aryl methyl sites for hydroxylation is 3. The number of aromatic nitrogens is 3. The van der Waals surface area contributed by atoms with Crippen molar-refractivity contribution in [2.75, 3.05) is 0 Å². The topological polar surface area (TPSA) is 43.9 Å². The summed E-state index contributed by atoms with van der Waals surface area (Å²) in [5.41, 5.74) is 10.9. The van der Waals surface area contributed by atoms with Crippen LogP contribution in [0.1, 0.15) is 82.4 Å². The maximum absolute atomic E-state index is 9.52. The Morgan fingerprint density at radius 3 is 1.97 bits per heavy atom. The van der Waals surface area contributed by atoms with Crippen LogP contribution in [0.2, 0.25) is 0 Å². The fraction of sp³-hybridized carbons (Fsp3) is 0.158. The molecule has 0 spiro atoms. The molecular formula is C57H49IrN3O-2. The van der Waals surface area contributed by atoms with Crippen molar-refractivity contribution in [1.82, 2.24) is 14.5 Å². The van der Waals surface area contributed by atoms with Crippen LogP contribution in [0.3, 0.4) is 0 Å². The molecule has 0 aliphatic carbocycles. The fourth-order valence-corrected chi connectivity index (χ4v) is 7.78. The molecule has 7 aromatic carbocycles. The second-order valence-electron chi connectivity index (χ2n) is 15.4. The normalized spacial score (nSPS) is 14.9. The molecule has 0 N–H and O–H groups in total. The molecule has 0 fully saturated rings. The van der Waals surface area contributed by atoms with Gasteiger partial charge in [0.15, 0.2) is 0 Å². The van der Waals surface area contributed by atoms with Crippen LogP contribution in [0.25, 0.3) is 83.6 Å². The quantitative estimate of drug-likeness (QED) is 0.149. The molecule has 10 aromatic rings. The minimum atomic E-state index is -2.40. The summed E-state index contributed by atoms with van der Waals surface area (Å²) < 4.78 is 96.2. The van der Waals surface area contributed by atoms with Gasteiger partial charge in [-0.05, 0) is 93.6 Å². The average Bonchev–Trinajstić information content (AvgIpc) is 3.92. The Balaban J connectivity index is 0.000000285. The predicted octanol–water partition coefficient (Wildman–Crippen LogP) is 15.4. The fourth-order valence-electron chi connectivity index (χ4n) is 7.78. The van der Waals surface area contributed by atoms with E-state index in [2.05, 4.69) is 65.6 Å². The first-order valence-corrected chi connectivity index (χ1v) is 20.1. The molecule has 0 bridgehead atoms. The standard InChI is InChI=1S/C44H37N2O.C13H12N.Ir/c1-27(2)36-25-33(32-22-20-31(21-23-32)30-13-7-6-8-14-30)26-37(28(3)4)42(36)46-39-17-11-10-16-38(39)45-44(46)35-24-19-29(5)41-34-15-9-12-18-40(34)47-43(35)41;1-10-3-6-12(7-4-10)13-8-5-11(2)9-14-13;/h6-23,25-28H,1-5H3;3-6,8-9H,1-2H3;/q2*-1;/i5D3,27D,28D;1D3,2D3;. The summed E-state index contributed by atoms with van der Waals surface area (Å²) in [5, 5.41) is 1.20. The van der Waals surface area contributed by atoms with Crippen molar-refractivity contribution in [2.45, 2.75) is 60.0 Å². The molecule has 0 unspecified atom stereocenters. The predicted molar refractivity (Wildman–Crippen MR) is 254 cm³/mol. The summed E-state index contributed by atoms with van der Waals surface area (Å²) in [4.78, 5) is 9.22. The molecule has 4 nitrogen and oxygen atoms in total. The monoisotopic (exact) mass is 995 g/mol. The largest absolute Gasteiger partial charge is 0.501 e. The van der Waals surface area contributed by atoms with Crippen LogP contribution in [-0.4, -0.2) is 14.5 Å². The number of nitrogens with zero attached hydrogens (tertiary/aromatic N) is 3. The van der Waals surface area contributed by atoms with Crippen molar-refractivity contribution in [2.24, 2.45) is 0 Å². The van der Waals surface area contributed by atoms with Gasteiger partial charge in [-0.3, -0.25) is 4.98 Å². The molecule has 0 atom stereocenters. The van der Waals surface area contributed by atoms with E-state index in [1.54, 1.807) is 12.1 Å². The maximum Gasteiger partial charge on any atom is 0.120 e. The third-order valence-corrected chi connectivity index (χ3v) is 10.8. The van der Waals surface area contributed by atoms with Gasteiger partial charge in [0.2, 0.25) is 0 Å². The molecule has 5 heteroatoms. The minimum Gasteiger partial charge on any atom is -0.501 e. The van der Waals surface area contributed by atoms with Crippen molar-refractivity contribution >= 4 is 33.0 Å². The molecule has 0 saturated carbocycles. The number of para-hydroxylation sites is 3. The summed E-state index contributed by atoms with van der Waals surface area (Å²) in [6.45, 7) is 0.712. The maximum atomic E-state index is 9.52. The van der Waals surface area contributed by atoms with E-state index in [-0.39, 0.29) is 36.8 Å². The summed E-state index contributed by atoms with van der Waals surface area (Å²) in [5.74, 6) is -1.71. The average molecular weight is 995 g/mol. The molecule has 309 valence electrons. The van der Waals surface area contributed by atoms with Crippen molar-refractivity contribution in [3.63, 3.8) is 0 Å². The van der Waals surface area contributed by atoms with Crippen LogP contribution in [0.15, 0.2) is 162 Å². The number of hydrogen-bond donors (Lipinski definition) is 0. The molecule has 0 aliphatic heterocycles. The molecule has 3 heterocycles. The van der Waals surface area contributed by atoms with Crippen LogP contribution >= 0.6 is 0 Å². The van der Waals surface area contributed by atoms with Gasteiger partial charge in [-0.15, -0.1) is 53.1 Å². The second-order valence-corrected chi connectivity index (χ2v) is 15.4. The molecular weight excluding hydrogens is 935 g/mol. The zero-order chi connectivity index (χ0) is 51.5. The minimum absolute atomic E-state index is 0. The van der Waals surface area contributed by atoms with Gasteiger partial charge in [-0.1, -0.05) is 149 Å². The van der Waals surface area contributed by atoms with Crippen molar-refractivity contribution in [3.05, 3.63) is 198 Å². The zero-order valence-electron chi connectivity index (χ0n) is 45.6. The molecule has 62 heavy (non-hydrogen) atoms. The summed E-state index contributed by atoms with van der Waals surface area (Å²) in [6.07, 6.45) is 1.30. The number of fused-ring (bicyclic) bond motifs is 4. The Morgan fingerprint density at radius 2 is 1.31 bits per heavy atom. The van der Waals surface area contributed by atoms with Crippen LogP contribution < -0.4 is 0 Å². The van der Waals surface area contributed by atoms with Crippen LogP contribution in [-0.2, 0) is 20.1 Å². The Morgan fingerprint density at radius 1 is 0.645 bits per heavy atom. The number of imidazole rings is 1. The number of benzene rings is 7. The van der Waals surface area contributed by atoms with Gasteiger partial charge in [0.25, 0.3) is 0 Å². The third kappa shape index (κ3) is 8.19. The van der Waals surface area contributed by atoms with Crippen molar-refractivity contribution < 1.29 is 39.6 Å². The first kappa shape index (κ1) is 30.6. The third-order valence-electron chi connectivity index (χ3n) is 10.8. The Kier molecular flexibility index (Phi) is 8.84. The molecule has 0 aliphatic rings. The van der Waals surface area contributed by atoms with Gasteiger partial charge >= 0.3 is 0 Å². The first-order valence-electron chi connectivity index (χ1n) is 25.6. The Labute approximate surface area is 394 Å². The number of furan rings is 1. The van der Waals surface area contributed by atoms with Crippen LogP contribution in [0, 0.1) is 32.7 Å².